The van der Waals surface area contributed by atoms with Crippen LogP contribution in [0.15, 0.2) is 15.6 Å². The Kier molecular flexibility index (Phi) is 1.89. The van der Waals surface area contributed by atoms with Crippen LogP contribution in [-0.2, 0) is 9.84 Å². The van der Waals surface area contributed by atoms with Gasteiger partial charge in [0.1, 0.15) is 0 Å². The van der Waals surface area contributed by atoms with Gasteiger partial charge in [-0.15, -0.1) is 0 Å². The summed E-state index contributed by atoms with van der Waals surface area (Å²) in [5.74, 6) is -1.84. The molecule has 0 aromatic carbocycles. The number of aromatic nitrogens is 1. The van der Waals surface area contributed by atoms with E-state index in [1.807, 2.05) is 0 Å². The fourth-order valence-corrected chi connectivity index (χ4v) is 1.03. The Morgan fingerprint density at radius 2 is 2.25 bits per heavy atom. The van der Waals surface area contributed by atoms with Crippen molar-refractivity contribution in [1.29, 1.82) is 0 Å². The highest BCUT2D eigenvalue weighted by molar-refractivity contribution is 7.90. The second-order valence-electron chi connectivity index (χ2n) is 2.11. The lowest BCUT2D eigenvalue weighted by atomic mass is 10.5. The van der Waals surface area contributed by atoms with Crippen molar-refractivity contribution < 1.29 is 22.8 Å². The summed E-state index contributed by atoms with van der Waals surface area (Å²) in [6.07, 6.45) is 0.913. The summed E-state index contributed by atoms with van der Waals surface area (Å²) in [6, 6.07) is 0.859. The molecule has 0 amide bonds. The molecule has 7 heteroatoms. The Hall–Kier alpha value is -1.37. The van der Waals surface area contributed by atoms with Gasteiger partial charge in [-0.25, -0.2) is 13.2 Å². The molecule has 0 spiro atoms. The number of nitrogens with zero attached hydrogens (tertiary/aromatic N) is 1. The van der Waals surface area contributed by atoms with E-state index in [9.17, 15) is 13.2 Å². The number of hydrogen-bond donors (Lipinski definition) is 1. The zero-order valence-electron chi connectivity index (χ0n) is 6.01. The maximum Gasteiger partial charge on any atom is 0.374 e. The van der Waals surface area contributed by atoms with Crippen LogP contribution in [0.3, 0.4) is 0 Å². The number of carboxylic acid groups (broad SMARTS) is 1. The Morgan fingerprint density at radius 1 is 1.67 bits per heavy atom. The third kappa shape index (κ3) is 1.62. The highest BCUT2D eigenvalue weighted by Crippen LogP contribution is 2.08. The van der Waals surface area contributed by atoms with Gasteiger partial charge in [0.2, 0.25) is 5.76 Å². The minimum atomic E-state index is -3.48. The molecule has 0 aliphatic heterocycles. The summed E-state index contributed by atoms with van der Waals surface area (Å²) < 4.78 is 25.7. The molecule has 0 aliphatic rings. The van der Waals surface area contributed by atoms with E-state index in [4.69, 9.17) is 5.11 Å². The first-order valence-corrected chi connectivity index (χ1v) is 4.70. The lowest BCUT2D eigenvalue weighted by Gasteiger charge is -1.83. The van der Waals surface area contributed by atoms with Crippen LogP contribution in [0.25, 0.3) is 0 Å². The molecule has 0 unspecified atom stereocenters. The first kappa shape index (κ1) is 8.72. The molecule has 66 valence electrons. The number of carbonyl (C=O) groups is 1. The van der Waals surface area contributed by atoms with E-state index < -0.39 is 21.6 Å². The Morgan fingerprint density at radius 3 is 2.50 bits per heavy atom. The quantitative estimate of drug-likeness (QED) is 0.693. The number of sulfone groups is 1. The molecular weight excluding hydrogens is 186 g/mol. The zero-order chi connectivity index (χ0) is 9.35. The summed E-state index contributed by atoms with van der Waals surface area (Å²) in [5, 5.41) is 11.0. The van der Waals surface area contributed by atoms with Crippen LogP contribution in [0.5, 0.6) is 0 Å². The standard InChI is InChI=1S/C5H5NO5S/c1-12(9,10)4-2-3(5(7)8)11-6-4/h2H,1H3,(H,7,8). The molecule has 0 fully saturated rings. The largest absolute Gasteiger partial charge is 0.475 e. The zero-order valence-corrected chi connectivity index (χ0v) is 6.83. The molecule has 0 atom stereocenters. The summed E-state index contributed by atoms with van der Waals surface area (Å²) >= 11 is 0. The molecule has 1 heterocycles. The predicted molar refractivity (Wildman–Crippen MR) is 36.6 cm³/mol. The monoisotopic (exact) mass is 191 g/mol. The van der Waals surface area contributed by atoms with Gasteiger partial charge in [-0.2, -0.15) is 0 Å². The normalized spacial score (nSPS) is 11.4. The van der Waals surface area contributed by atoms with Crippen LogP contribution in [0.4, 0.5) is 0 Å². The van der Waals surface area contributed by atoms with Gasteiger partial charge in [-0.3, -0.25) is 0 Å². The average Bonchev–Trinajstić information content (AvgIpc) is 2.30. The highest BCUT2D eigenvalue weighted by Gasteiger charge is 2.17. The van der Waals surface area contributed by atoms with Crippen LogP contribution in [0, 0.1) is 0 Å². The van der Waals surface area contributed by atoms with Crippen LogP contribution in [0.1, 0.15) is 10.6 Å². The molecule has 6 nitrogen and oxygen atoms in total. The molecular formula is C5H5NO5S. The van der Waals surface area contributed by atoms with Crippen LogP contribution >= 0.6 is 0 Å². The Balaban J connectivity index is 3.17. The van der Waals surface area contributed by atoms with Crippen molar-refractivity contribution >= 4 is 15.8 Å². The molecule has 1 aromatic heterocycles. The van der Waals surface area contributed by atoms with E-state index in [2.05, 4.69) is 9.68 Å². The number of hydrogen-bond acceptors (Lipinski definition) is 5. The SMILES string of the molecule is CS(=O)(=O)c1cc(C(=O)O)on1. The van der Waals surface area contributed by atoms with Gasteiger partial charge in [0.25, 0.3) is 0 Å². The highest BCUT2D eigenvalue weighted by atomic mass is 32.2. The molecule has 0 saturated heterocycles. The lowest BCUT2D eigenvalue weighted by molar-refractivity contribution is 0.0651. The molecule has 1 N–H and O–H groups in total. The molecule has 1 aromatic rings. The molecule has 0 saturated carbocycles. The summed E-state index contributed by atoms with van der Waals surface area (Å²) in [4.78, 5) is 10.2. The Labute approximate surface area is 67.7 Å². The molecule has 0 aliphatic carbocycles. The summed E-state index contributed by atoms with van der Waals surface area (Å²) in [6.45, 7) is 0. The van der Waals surface area contributed by atoms with E-state index in [1.165, 1.54) is 0 Å². The second-order valence-corrected chi connectivity index (χ2v) is 4.07. The number of rotatable bonds is 2. The van der Waals surface area contributed by atoms with Gasteiger partial charge in [-0.05, 0) is 0 Å². The molecule has 1 rings (SSSR count). The van der Waals surface area contributed by atoms with E-state index in [0.29, 0.717) is 0 Å². The van der Waals surface area contributed by atoms with E-state index >= 15 is 0 Å². The number of aromatic carboxylic acids is 1. The Bertz CT molecular complexity index is 403. The predicted octanol–water partition coefficient (Wildman–Crippen LogP) is -0.224. The van der Waals surface area contributed by atoms with Gasteiger partial charge in [-0.1, -0.05) is 5.16 Å². The molecule has 12 heavy (non-hydrogen) atoms. The van der Waals surface area contributed by atoms with E-state index in [-0.39, 0.29) is 5.03 Å². The summed E-state index contributed by atoms with van der Waals surface area (Å²) in [7, 11) is -3.48. The van der Waals surface area contributed by atoms with Crippen molar-refractivity contribution in [2.45, 2.75) is 5.03 Å². The first-order chi connectivity index (χ1) is 5.41. The van der Waals surface area contributed by atoms with Crippen molar-refractivity contribution in [3.63, 3.8) is 0 Å². The maximum absolute atomic E-state index is 10.8. The number of carboxylic acids is 1. The third-order valence-electron chi connectivity index (χ3n) is 1.08. The maximum atomic E-state index is 10.8. The third-order valence-corrected chi connectivity index (χ3v) is 2.03. The smallest absolute Gasteiger partial charge is 0.374 e. The van der Waals surface area contributed by atoms with Crippen molar-refractivity contribution in [1.82, 2.24) is 5.16 Å². The minimum absolute atomic E-state index is 0.375. The molecule has 0 bridgehead atoms. The van der Waals surface area contributed by atoms with Gasteiger partial charge in [0.05, 0.1) is 0 Å². The van der Waals surface area contributed by atoms with Crippen LogP contribution < -0.4 is 0 Å². The van der Waals surface area contributed by atoms with Gasteiger partial charge >= 0.3 is 5.97 Å². The van der Waals surface area contributed by atoms with Crippen molar-refractivity contribution in [2.75, 3.05) is 6.26 Å². The van der Waals surface area contributed by atoms with Gasteiger partial charge in [0, 0.05) is 12.3 Å². The van der Waals surface area contributed by atoms with Crippen LogP contribution in [0.2, 0.25) is 0 Å². The first-order valence-electron chi connectivity index (χ1n) is 2.81. The van der Waals surface area contributed by atoms with Gasteiger partial charge in [0.15, 0.2) is 14.9 Å². The fraction of sp³-hybridized carbons (Fsp3) is 0.200. The van der Waals surface area contributed by atoms with Crippen LogP contribution in [-0.4, -0.2) is 30.9 Å². The lowest BCUT2D eigenvalue weighted by Crippen LogP contribution is -1.96. The van der Waals surface area contributed by atoms with Crippen molar-refractivity contribution in [2.24, 2.45) is 0 Å². The topological polar surface area (TPSA) is 97.5 Å². The minimum Gasteiger partial charge on any atom is -0.475 e. The van der Waals surface area contributed by atoms with E-state index in [0.717, 1.165) is 12.3 Å². The fourth-order valence-electron chi connectivity index (χ4n) is 0.535. The summed E-state index contributed by atoms with van der Waals surface area (Å²) in [5.41, 5.74) is 0. The average molecular weight is 191 g/mol. The van der Waals surface area contributed by atoms with Crippen molar-refractivity contribution in [3.8, 4) is 0 Å². The second kappa shape index (κ2) is 2.59. The van der Waals surface area contributed by atoms with Crippen molar-refractivity contribution in [3.05, 3.63) is 11.8 Å². The molecule has 0 radical (unpaired) electrons. The van der Waals surface area contributed by atoms with Gasteiger partial charge < -0.3 is 9.63 Å². The van der Waals surface area contributed by atoms with E-state index in [1.54, 1.807) is 0 Å².